The summed E-state index contributed by atoms with van der Waals surface area (Å²) < 4.78 is 5.33. The second-order valence-corrected chi connectivity index (χ2v) is 7.23. The summed E-state index contributed by atoms with van der Waals surface area (Å²) in [5, 5.41) is 12.8. The first kappa shape index (κ1) is 19.9. The molecule has 1 amide bonds. The average Bonchev–Trinajstić information content (AvgIpc) is 2.60. The lowest BCUT2D eigenvalue weighted by Gasteiger charge is -2.19. The third kappa shape index (κ3) is 5.85. The Morgan fingerprint density at radius 3 is 2.58 bits per heavy atom. The van der Waals surface area contributed by atoms with E-state index in [0.29, 0.717) is 11.3 Å². The molecule has 5 heteroatoms. The summed E-state index contributed by atoms with van der Waals surface area (Å²) >= 11 is 0. The van der Waals surface area contributed by atoms with Gasteiger partial charge >= 0.3 is 0 Å². The van der Waals surface area contributed by atoms with Gasteiger partial charge in [0.25, 0.3) is 5.91 Å². The number of benzene rings is 1. The topological polar surface area (TPSA) is 71.5 Å². The van der Waals surface area contributed by atoms with Crippen LogP contribution in [0.4, 0.5) is 0 Å². The van der Waals surface area contributed by atoms with Crippen molar-refractivity contribution in [1.82, 2.24) is 10.3 Å². The minimum atomic E-state index is -0.659. The molecule has 26 heavy (non-hydrogen) atoms. The van der Waals surface area contributed by atoms with Gasteiger partial charge in [-0.3, -0.25) is 9.78 Å². The molecule has 1 atom stereocenters. The van der Waals surface area contributed by atoms with Crippen LogP contribution >= 0.6 is 0 Å². The molecule has 0 saturated heterocycles. The van der Waals surface area contributed by atoms with E-state index in [1.807, 2.05) is 37.3 Å². The SMILES string of the molecule is COc1cnccc1-c1ccc(C(=O)NC(C)CCCC(C)(C)O)cc1. The van der Waals surface area contributed by atoms with Gasteiger partial charge in [0.15, 0.2) is 0 Å². The molecular weight excluding hydrogens is 328 g/mol. The lowest BCUT2D eigenvalue weighted by molar-refractivity contribution is 0.0674. The number of pyridine rings is 1. The zero-order chi connectivity index (χ0) is 19.2. The van der Waals surface area contributed by atoms with E-state index in [-0.39, 0.29) is 11.9 Å². The first-order valence-corrected chi connectivity index (χ1v) is 8.92. The molecule has 5 nitrogen and oxygen atoms in total. The number of nitrogens with zero attached hydrogens (tertiary/aromatic N) is 1. The van der Waals surface area contributed by atoms with Crippen LogP contribution in [0.15, 0.2) is 42.7 Å². The Labute approximate surface area is 155 Å². The highest BCUT2D eigenvalue weighted by Gasteiger charge is 2.14. The lowest BCUT2D eigenvalue weighted by atomic mass is 9.99. The van der Waals surface area contributed by atoms with E-state index in [1.54, 1.807) is 33.4 Å². The van der Waals surface area contributed by atoms with Crippen LogP contribution in [0.5, 0.6) is 5.75 Å². The minimum absolute atomic E-state index is 0.0600. The molecule has 0 fully saturated rings. The van der Waals surface area contributed by atoms with Gasteiger partial charge in [0.05, 0.1) is 18.9 Å². The van der Waals surface area contributed by atoms with E-state index in [4.69, 9.17) is 4.74 Å². The minimum Gasteiger partial charge on any atom is -0.494 e. The normalized spacial score (nSPS) is 12.5. The molecule has 0 aliphatic rings. The number of ether oxygens (including phenoxy) is 1. The van der Waals surface area contributed by atoms with E-state index >= 15 is 0 Å². The molecule has 0 saturated carbocycles. The molecule has 1 unspecified atom stereocenters. The first-order chi connectivity index (χ1) is 12.3. The smallest absolute Gasteiger partial charge is 0.251 e. The Morgan fingerprint density at radius 2 is 1.96 bits per heavy atom. The second kappa shape index (κ2) is 8.81. The zero-order valence-corrected chi connectivity index (χ0v) is 16.0. The standard InChI is InChI=1S/C21H28N2O3/c1-15(6-5-12-21(2,3)25)23-20(24)17-9-7-16(8-10-17)18-11-13-22-14-19(18)26-4/h7-11,13-15,25H,5-6,12H2,1-4H3,(H,23,24). The zero-order valence-electron chi connectivity index (χ0n) is 16.0. The van der Waals surface area contributed by atoms with Crippen molar-refractivity contribution in [2.24, 2.45) is 0 Å². The number of methoxy groups -OCH3 is 1. The van der Waals surface area contributed by atoms with Crippen LogP contribution in [0, 0.1) is 0 Å². The summed E-state index contributed by atoms with van der Waals surface area (Å²) in [6.45, 7) is 5.59. The van der Waals surface area contributed by atoms with Crippen LogP contribution in [0.2, 0.25) is 0 Å². The number of hydrogen-bond donors (Lipinski definition) is 2. The molecule has 2 N–H and O–H groups in total. The third-order valence-electron chi connectivity index (χ3n) is 4.27. The largest absolute Gasteiger partial charge is 0.494 e. The molecule has 0 aliphatic carbocycles. The van der Waals surface area contributed by atoms with Crippen LogP contribution in [0.25, 0.3) is 11.1 Å². The number of hydrogen-bond acceptors (Lipinski definition) is 4. The molecule has 1 heterocycles. The Morgan fingerprint density at radius 1 is 1.27 bits per heavy atom. The Balaban J connectivity index is 1.96. The molecule has 0 radical (unpaired) electrons. The van der Waals surface area contributed by atoms with Crippen LogP contribution < -0.4 is 10.1 Å². The maximum atomic E-state index is 12.4. The predicted molar refractivity (Wildman–Crippen MR) is 103 cm³/mol. The third-order valence-corrected chi connectivity index (χ3v) is 4.27. The first-order valence-electron chi connectivity index (χ1n) is 8.92. The van der Waals surface area contributed by atoms with Crippen molar-refractivity contribution in [3.8, 4) is 16.9 Å². The van der Waals surface area contributed by atoms with E-state index in [2.05, 4.69) is 10.3 Å². The molecule has 2 rings (SSSR count). The van der Waals surface area contributed by atoms with Crippen molar-refractivity contribution in [3.05, 3.63) is 48.3 Å². The number of amides is 1. The van der Waals surface area contributed by atoms with Gasteiger partial charge in [0.2, 0.25) is 0 Å². The van der Waals surface area contributed by atoms with Crippen molar-refractivity contribution in [3.63, 3.8) is 0 Å². The fourth-order valence-electron chi connectivity index (χ4n) is 2.80. The maximum Gasteiger partial charge on any atom is 0.251 e. The van der Waals surface area contributed by atoms with Crippen molar-refractivity contribution in [2.45, 2.75) is 51.7 Å². The van der Waals surface area contributed by atoms with Crippen molar-refractivity contribution in [2.75, 3.05) is 7.11 Å². The summed E-state index contributed by atoms with van der Waals surface area (Å²) in [5.74, 6) is 0.610. The van der Waals surface area contributed by atoms with Gasteiger partial charge in [-0.05, 0) is 63.8 Å². The summed E-state index contributed by atoms with van der Waals surface area (Å²) in [5.41, 5.74) is 1.87. The quantitative estimate of drug-likeness (QED) is 0.754. The fourth-order valence-corrected chi connectivity index (χ4v) is 2.80. The van der Waals surface area contributed by atoms with Gasteiger partial charge in [-0.15, -0.1) is 0 Å². The van der Waals surface area contributed by atoms with Crippen LogP contribution in [-0.2, 0) is 0 Å². The second-order valence-electron chi connectivity index (χ2n) is 7.23. The van der Waals surface area contributed by atoms with Crippen LogP contribution in [0.1, 0.15) is 50.4 Å². The summed E-state index contributed by atoms with van der Waals surface area (Å²) in [6.07, 6.45) is 5.81. The molecule has 2 aromatic rings. The Kier molecular flexibility index (Phi) is 6.75. The predicted octanol–water partition coefficient (Wildman–Crippen LogP) is 3.82. The monoisotopic (exact) mass is 356 g/mol. The van der Waals surface area contributed by atoms with Gasteiger partial charge < -0.3 is 15.2 Å². The van der Waals surface area contributed by atoms with Gasteiger partial charge in [-0.2, -0.15) is 0 Å². The lowest BCUT2D eigenvalue weighted by Crippen LogP contribution is -2.32. The van der Waals surface area contributed by atoms with Crippen molar-refractivity contribution in [1.29, 1.82) is 0 Å². The van der Waals surface area contributed by atoms with Gasteiger partial charge in [0.1, 0.15) is 5.75 Å². The van der Waals surface area contributed by atoms with Crippen molar-refractivity contribution < 1.29 is 14.6 Å². The number of rotatable bonds is 8. The average molecular weight is 356 g/mol. The summed E-state index contributed by atoms with van der Waals surface area (Å²) in [7, 11) is 1.61. The van der Waals surface area contributed by atoms with E-state index in [9.17, 15) is 9.90 Å². The molecule has 0 spiro atoms. The highest BCUT2D eigenvalue weighted by molar-refractivity contribution is 5.95. The molecular formula is C21H28N2O3. The van der Waals surface area contributed by atoms with Gasteiger partial charge in [-0.1, -0.05) is 12.1 Å². The van der Waals surface area contributed by atoms with E-state index < -0.39 is 5.60 Å². The number of aliphatic hydroxyl groups is 1. The summed E-state index contributed by atoms with van der Waals surface area (Å²) in [4.78, 5) is 16.4. The molecule has 1 aromatic carbocycles. The molecule has 0 bridgehead atoms. The Hall–Kier alpha value is -2.40. The summed E-state index contributed by atoms with van der Waals surface area (Å²) in [6, 6.07) is 9.39. The Bertz CT molecular complexity index is 721. The maximum absolute atomic E-state index is 12.4. The highest BCUT2D eigenvalue weighted by atomic mass is 16.5. The van der Waals surface area contributed by atoms with E-state index in [1.165, 1.54) is 0 Å². The van der Waals surface area contributed by atoms with Crippen molar-refractivity contribution >= 4 is 5.91 Å². The van der Waals surface area contributed by atoms with Crippen LogP contribution in [-0.4, -0.2) is 34.8 Å². The molecule has 0 aliphatic heterocycles. The number of carbonyl (C=O) groups excluding carboxylic acids is 1. The van der Waals surface area contributed by atoms with Crippen LogP contribution in [0.3, 0.4) is 0 Å². The van der Waals surface area contributed by atoms with Gasteiger partial charge in [-0.25, -0.2) is 0 Å². The van der Waals surface area contributed by atoms with Gasteiger partial charge in [0, 0.05) is 23.4 Å². The van der Waals surface area contributed by atoms with E-state index in [0.717, 1.165) is 30.4 Å². The molecule has 1 aromatic heterocycles. The number of nitrogens with one attached hydrogen (secondary N) is 1. The highest BCUT2D eigenvalue weighted by Crippen LogP contribution is 2.28. The number of aromatic nitrogens is 1. The molecule has 140 valence electrons. The number of carbonyl (C=O) groups is 1. The fraction of sp³-hybridized carbons (Fsp3) is 0.429.